The van der Waals surface area contributed by atoms with Gasteiger partial charge in [-0.1, -0.05) is 12.8 Å². The lowest BCUT2D eigenvalue weighted by Gasteiger charge is -2.27. The van der Waals surface area contributed by atoms with Gasteiger partial charge in [0.05, 0.1) is 13.2 Å². The largest absolute Gasteiger partial charge is 0.394 e. The highest BCUT2D eigenvalue weighted by Crippen LogP contribution is 2.28. The summed E-state index contributed by atoms with van der Waals surface area (Å²) in [6.45, 7) is 4.64. The van der Waals surface area contributed by atoms with E-state index in [1.165, 1.54) is 12.8 Å². The van der Waals surface area contributed by atoms with Crippen LogP contribution in [0.25, 0.3) is 0 Å². The second-order valence-corrected chi connectivity index (χ2v) is 3.77. The fourth-order valence-electron chi connectivity index (χ4n) is 1.98. The lowest BCUT2D eigenvalue weighted by molar-refractivity contribution is 0.120. The van der Waals surface area contributed by atoms with Crippen LogP contribution in [0.3, 0.4) is 0 Å². The van der Waals surface area contributed by atoms with Crippen molar-refractivity contribution in [3.8, 4) is 0 Å². The van der Waals surface area contributed by atoms with Crippen molar-refractivity contribution < 1.29 is 9.84 Å². The molecule has 0 aromatic carbocycles. The number of rotatable bonds is 6. The van der Waals surface area contributed by atoms with Crippen LogP contribution < -0.4 is 5.32 Å². The lowest BCUT2D eigenvalue weighted by atomic mass is 9.99. The van der Waals surface area contributed by atoms with Gasteiger partial charge in [-0.25, -0.2) is 0 Å². The number of aliphatic hydroxyl groups is 1. The van der Waals surface area contributed by atoms with Crippen LogP contribution in [0.5, 0.6) is 0 Å². The van der Waals surface area contributed by atoms with Crippen LogP contribution in [0.1, 0.15) is 32.6 Å². The van der Waals surface area contributed by atoms with Gasteiger partial charge in [-0.05, 0) is 19.8 Å². The molecule has 0 atom stereocenters. The Labute approximate surface area is 80.5 Å². The third-order valence-corrected chi connectivity index (χ3v) is 2.81. The predicted octanol–water partition coefficient (Wildman–Crippen LogP) is 0.918. The Morgan fingerprint density at radius 1 is 1.38 bits per heavy atom. The zero-order valence-electron chi connectivity index (χ0n) is 8.51. The molecule has 1 rings (SSSR count). The molecule has 0 radical (unpaired) electrons. The summed E-state index contributed by atoms with van der Waals surface area (Å²) in [6.07, 6.45) is 4.69. The van der Waals surface area contributed by atoms with E-state index in [1.807, 2.05) is 6.92 Å². The van der Waals surface area contributed by atoms with E-state index in [0.29, 0.717) is 0 Å². The molecule has 1 fully saturated rings. The highest BCUT2D eigenvalue weighted by Gasteiger charge is 2.31. The maximum Gasteiger partial charge on any atom is 0.0613 e. The molecule has 0 aliphatic heterocycles. The van der Waals surface area contributed by atoms with Crippen LogP contribution in [0.15, 0.2) is 0 Å². The van der Waals surface area contributed by atoms with Gasteiger partial charge in [0, 0.05) is 18.7 Å². The van der Waals surface area contributed by atoms with E-state index in [1.54, 1.807) is 0 Å². The molecule has 78 valence electrons. The van der Waals surface area contributed by atoms with Gasteiger partial charge >= 0.3 is 0 Å². The van der Waals surface area contributed by atoms with Gasteiger partial charge in [-0.3, -0.25) is 0 Å². The SMILES string of the molecule is CCOCCNC1(CO)CCCC1. The molecule has 0 aromatic heterocycles. The van der Waals surface area contributed by atoms with Gasteiger partial charge in [0.25, 0.3) is 0 Å². The molecule has 0 aromatic rings. The normalized spacial score (nSPS) is 20.8. The van der Waals surface area contributed by atoms with Crippen LogP contribution in [-0.2, 0) is 4.74 Å². The highest BCUT2D eigenvalue weighted by molar-refractivity contribution is 4.91. The van der Waals surface area contributed by atoms with E-state index in [2.05, 4.69) is 5.32 Å². The number of nitrogens with one attached hydrogen (secondary N) is 1. The predicted molar refractivity (Wildman–Crippen MR) is 52.8 cm³/mol. The third kappa shape index (κ3) is 3.25. The summed E-state index contributed by atoms with van der Waals surface area (Å²) in [5.74, 6) is 0. The molecule has 2 N–H and O–H groups in total. The summed E-state index contributed by atoms with van der Waals surface area (Å²) in [7, 11) is 0. The average Bonchev–Trinajstić information content (AvgIpc) is 2.62. The number of hydrogen-bond acceptors (Lipinski definition) is 3. The molecule has 0 spiro atoms. The van der Waals surface area contributed by atoms with Gasteiger partial charge in [0.2, 0.25) is 0 Å². The van der Waals surface area contributed by atoms with E-state index in [0.717, 1.165) is 32.6 Å². The van der Waals surface area contributed by atoms with Gasteiger partial charge in [0.1, 0.15) is 0 Å². The van der Waals surface area contributed by atoms with E-state index in [4.69, 9.17) is 4.74 Å². The summed E-state index contributed by atoms with van der Waals surface area (Å²) in [5.41, 5.74) is 0.0110. The first kappa shape index (κ1) is 11.0. The van der Waals surface area contributed by atoms with Crippen molar-refractivity contribution in [2.45, 2.75) is 38.1 Å². The maximum atomic E-state index is 9.27. The monoisotopic (exact) mass is 187 g/mol. The molecule has 0 saturated heterocycles. The lowest BCUT2D eigenvalue weighted by Crippen LogP contribution is -2.47. The molecule has 1 aliphatic carbocycles. The van der Waals surface area contributed by atoms with E-state index >= 15 is 0 Å². The molecular weight excluding hydrogens is 166 g/mol. The Morgan fingerprint density at radius 2 is 2.08 bits per heavy atom. The second kappa shape index (κ2) is 5.58. The summed E-state index contributed by atoms with van der Waals surface area (Å²) in [4.78, 5) is 0. The highest BCUT2D eigenvalue weighted by atomic mass is 16.5. The summed E-state index contributed by atoms with van der Waals surface area (Å²) in [6, 6.07) is 0. The van der Waals surface area contributed by atoms with Crippen LogP contribution in [0.2, 0.25) is 0 Å². The van der Waals surface area contributed by atoms with Gasteiger partial charge < -0.3 is 15.2 Å². The standard InChI is InChI=1S/C10H21NO2/c1-2-13-8-7-11-10(9-12)5-3-4-6-10/h11-12H,2-9H2,1H3. The van der Waals surface area contributed by atoms with E-state index in [-0.39, 0.29) is 12.1 Å². The number of ether oxygens (including phenoxy) is 1. The first-order valence-electron chi connectivity index (χ1n) is 5.26. The molecule has 0 heterocycles. The Bertz CT molecular complexity index is 133. The number of hydrogen-bond donors (Lipinski definition) is 2. The maximum absolute atomic E-state index is 9.27. The summed E-state index contributed by atoms with van der Waals surface area (Å²) >= 11 is 0. The van der Waals surface area contributed by atoms with Crippen LogP contribution >= 0.6 is 0 Å². The minimum atomic E-state index is 0.0110. The molecule has 0 amide bonds. The molecule has 0 bridgehead atoms. The zero-order chi connectivity index (χ0) is 9.57. The van der Waals surface area contributed by atoms with Crippen molar-refractivity contribution in [3.05, 3.63) is 0 Å². The third-order valence-electron chi connectivity index (χ3n) is 2.81. The Morgan fingerprint density at radius 3 is 2.62 bits per heavy atom. The molecule has 0 unspecified atom stereocenters. The molecule has 13 heavy (non-hydrogen) atoms. The van der Waals surface area contributed by atoms with Crippen LogP contribution in [0, 0.1) is 0 Å². The minimum Gasteiger partial charge on any atom is -0.394 e. The van der Waals surface area contributed by atoms with E-state index in [9.17, 15) is 5.11 Å². The fourth-order valence-corrected chi connectivity index (χ4v) is 1.98. The van der Waals surface area contributed by atoms with Crippen molar-refractivity contribution >= 4 is 0 Å². The first-order valence-corrected chi connectivity index (χ1v) is 5.26. The van der Waals surface area contributed by atoms with Crippen molar-refractivity contribution in [1.29, 1.82) is 0 Å². The van der Waals surface area contributed by atoms with Crippen molar-refractivity contribution in [2.24, 2.45) is 0 Å². The minimum absolute atomic E-state index is 0.0110. The Kier molecular flexibility index (Phi) is 4.70. The molecular formula is C10H21NO2. The van der Waals surface area contributed by atoms with Gasteiger partial charge in [-0.2, -0.15) is 0 Å². The van der Waals surface area contributed by atoms with Crippen LogP contribution in [0.4, 0.5) is 0 Å². The summed E-state index contributed by atoms with van der Waals surface area (Å²) in [5, 5.41) is 12.7. The molecule has 3 nitrogen and oxygen atoms in total. The van der Waals surface area contributed by atoms with Crippen molar-refractivity contribution in [1.82, 2.24) is 5.32 Å². The zero-order valence-corrected chi connectivity index (χ0v) is 8.51. The first-order chi connectivity index (χ1) is 6.33. The molecule has 3 heteroatoms. The number of aliphatic hydroxyl groups excluding tert-OH is 1. The Balaban J connectivity index is 2.16. The average molecular weight is 187 g/mol. The second-order valence-electron chi connectivity index (χ2n) is 3.77. The van der Waals surface area contributed by atoms with Crippen molar-refractivity contribution in [3.63, 3.8) is 0 Å². The van der Waals surface area contributed by atoms with E-state index < -0.39 is 0 Å². The van der Waals surface area contributed by atoms with Crippen molar-refractivity contribution in [2.75, 3.05) is 26.4 Å². The summed E-state index contributed by atoms with van der Waals surface area (Å²) < 4.78 is 5.24. The smallest absolute Gasteiger partial charge is 0.0613 e. The molecule has 1 saturated carbocycles. The quantitative estimate of drug-likeness (QED) is 0.607. The Hall–Kier alpha value is -0.120. The topological polar surface area (TPSA) is 41.5 Å². The molecule has 1 aliphatic rings. The van der Waals surface area contributed by atoms with Gasteiger partial charge in [-0.15, -0.1) is 0 Å². The fraction of sp³-hybridized carbons (Fsp3) is 1.00. The van der Waals surface area contributed by atoms with Crippen LogP contribution in [-0.4, -0.2) is 37.0 Å². The van der Waals surface area contributed by atoms with Gasteiger partial charge in [0.15, 0.2) is 0 Å².